The number of furan rings is 1. The summed E-state index contributed by atoms with van der Waals surface area (Å²) in [5, 5.41) is 27.1. The van der Waals surface area contributed by atoms with Crippen LogP contribution in [0.5, 0.6) is 0 Å². The lowest BCUT2D eigenvalue weighted by Crippen LogP contribution is -2.22. The van der Waals surface area contributed by atoms with E-state index in [2.05, 4.69) is 20.8 Å². The summed E-state index contributed by atoms with van der Waals surface area (Å²) in [5.74, 6) is 0.842. The highest BCUT2D eigenvalue weighted by Crippen LogP contribution is 2.42. The van der Waals surface area contributed by atoms with Gasteiger partial charge in [0, 0.05) is 23.2 Å². The fourth-order valence-electron chi connectivity index (χ4n) is 4.08. The third-order valence-corrected chi connectivity index (χ3v) is 5.89. The molecule has 32 heavy (non-hydrogen) atoms. The highest BCUT2D eigenvalue weighted by molar-refractivity contribution is 6.31. The largest absolute Gasteiger partial charge is 0.438 e. The number of anilines is 3. The van der Waals surface area contributed by atoms with E-state index in [-0.39, 0.29) is 11.7 Å². The van der Waals surface area contributed by atoms with E-state index < -0.39 is 4.92 Å². The quantitative estimate of drug-likeness (QED) is 0.249. The molecule has 0 spiro atoms. The van der Waals surface area contributed by atoms with E-state index in [9.17, 15) is 10.1 Å². The number of aromatic nitrogens is 2. The Morgan fingerprint density at radius 1 is 1.12 bits per heavy atom. The number of nitro benzene ring substituents is 1. The Balaban J connectivity index is 1.61. The summed E-state index contributed by atoms with van der Waals surface area (Å²) in [7, 11) is 0. The topological polar surface area (TPSA) is 119 Å². The Morgan fingerprint density at radius 2 is 1.97 bits per heavy atom. The SMILES string of the molecule is O=[N+]([O-])c1ccc2oc(NC3CCCCC3)c(Nc3ccc(Cl)cc3-c3nnco3)c2c1. The van der Waals surface area contributed by atoms with Crippen molar-refractivity contribution < 1.29 is 13.8 Å². The molecular weight excluding hydrogens is 434 g/mol. The normalized spacial score (nSPS) is 14.5. The van der Waals surface area contributed by atoms with Crippen LogP contribution >= 0.6 is 11.6 Å². The second-order valence-electron chi connectivity index (χ2n) is 7.78. The zero-order valence-electron chi connectivity index (χ0n) is 17.0. The molecule has 0 amide bonds. The fraction of sp³-hybridized carbons (Fsp3) is 0.273. The second-order valence-corrected chi connectivity index (χ2v) is 8.22. The molecule has 2 aromatic carbocycles. The predicted octanol–water partition coefficient (Wildman–Crippen LogP) is 6.53. The van der Waals surface area contributed by atoms with Gasteiger partial charge in [0.05, 0.1) is 21.6 Å². The number of hydrogen-bond donors (Lipinski definition) is 2. The van der Waals surface area contributed by atoms with Crippen LogP contribution in [0.25, 0.3) is 22.4 Å². The molecule has 2 N–H and O–H groups in total. The Kier molecular flexibility index (Phi) is 5.40. The minimum absolute atomic E-state index is 0.0150. The van der Waals surface area contributed by atoms with Crippen LogP contribution in [0.4, 0.5) is 22.9 Å². The van der Waals surface area contributed by atoms with Gasteiger partial charge in [-0.1, -0.05) is 30.9 Å². The third-order valence-electron chi connectivity index (χ3n) is 5.65. The molecule has 5 rings (SSSR count). The van der Waals surface area contributed by atoms with E-state index in [0.29, 0.717) is 44.7 Å². The molecule has 9 nitrogen and oxygen atoms in total. The summed E-state index contributed by atoms with van der Waals surface area (Å²) in [4.78, 5) is 11.0. The van der Waals surface area contributed by atoms with Crippen LogP contribution in [-0.4, -0.2) is 21.2 Å². The Hall–Kier alpha value is -3.59. The van der Waals surface area contributed by atoms with Gasteiger partial charge in [0.25, 0.3) is 5.69 Å². The lowest BCUT2D eigenvalue weighted by atomic mass is 9.95. The smallest absolute Gasteiger partial charge is 0.270 e. The molecule has 1 fully saturated rings. The number of fused-ring (bicyclic) bond motifs is 1. The van der Waals surface area contributed by atoms with Gasteiger partial charge in [0.2, 0.25) is 18.2 Å². The lowest BCUT2D eigenvalue weighted by Gasteiger charge is -2.23. The van der Waals surface area contributed by atoms with Crippen molar-refractivity contribution in [2.75, 3.05) is 10.6 Å². The number of non-ortho nitro benzene ring substituents is 1. The van der Waals surface area contributed by atoms with Gasteiger partial charge in [-0.15, -0.1) is 10.2 Å². The molecule has 0 saturated heterocycles. The molecule has 1 aliphatic carbocycles. The number of nitro groups is 1. The molecule has 0 radical (unpaired) electrons. The fourth-order valence-corrected chi connectivity index (χ4v) is 4.26. The van der Waals surface area contributed by atoms with E-state index in [1.54, 1.807) is 24.3 Å². The molecule has 1 aliphatic rings. The van der Waals surface area contributed by atoms with E-state index in [1.165, 1.54) is 24.9 Å². The zero-order chi connectivity index (χ0) is 22.1. The monoisotopic (exact) mass is 453 g/mol. The van der Waals surface area contributed by atoms with Gasteiger partial charge >= 0.3 is 0 Å². The van der Waals surface area contributed by atoms with Gasteiger partial charge in [-0.25, -0.2) is 0 Å². The van der Waals surface area contributed by atoms with Crippen LogP contribution in [0.15, 0.2) is 51.6 Å². The van der Waals surface area contributed by atoms with Crippen molar-refractivity contribution in [2.24, 2.45) is 0 Å². The number of rotatable bonds is 6. The van der Waals surface area contributed by atoms with Crippen molar-refractivity contribution in [1.29, 1.82) is 0 Å². The van der Waals surface area contributed by atoms with Crippen LogP contribution in [0.2, 0.25) is 5.02 Å². The number of halogens is 1. The summed E-state index contributed by atoms with van der Waals surface area (Å²) in [6.07, 6.45) is 6.88. The maximum Gasteiger partial charge on any atom is 0.270 e. The average Bonchev–Trinajstić information content (AvgIpc) is 3.44. The molecule has 0 bridgehead atoms. The van der Waals surface area contributed by atoms with Crippen LogP contribution in [0.3, 0.4) is 0 Å². The van der Waals surface area contributed by atoms with Gasteiger partial charge in [-0.3, -0.25) is 10.1 Å². The Morgan fingerprint density at radius 3 is 2.72 bits per heavy atom. The minimum Gasteiger partial charge on any atom is -0.438 e. The molecule has 0 unspecified atom stereocenters. The van der Waals surface area contributed by atoms with Crippen molar-refractivity contribution in [1.82, 2.24) is 10.2 Å². The minimum atomic E-state index is -0.420. The first-order valence-electron chi connectivity index (χ1n) is 10.4. The summed E-state index contributed by atoms with van der Waals surface area (Å²) < 4.78 is 11.5. The number of nitrogens with one attached hydrogen (secondary N) is 2. The zero-order valence-corrected chi connectivity index (χ0v) is 17.8. The molecule has 164 valence electrons. The summed E-state index contributed by atoms with van der Waals surface area (Å²) in [5.41, 5.74) is 2.40. The molecule has 0 aliphatic heterocycles. The predicted molar refractivity (Wildman–Crippen MR) is 121 cm³/mol. The first kappa shape index (κ1) is 20.3. The first-order chi connectivity index (χ1) is 15.6. The van der Waals surface area contributed by atoms with Gasteiger partial charge in [0.1, 0.15) is 11.3 Å². The van der Waals surface area contributed by atoms with Crippen LogP contribution < -0.4 is 10.6 Å². The Labute approximate surface area is 187 Å². The number of nitrogens with zero attached hydrogens (tertiary/aromatic N) is 3. The van der Waals surface area contributed by atoms with Gasteiger partial charge in [-0.05, 0) is 37.1 Å². The lowest BCUT2D eigenvalue weighted by molar-refractivity contribution is -0.384. The van der Waals surface area contributed by atoms with Crippen molar-refractivity contribution in [3.8, 4) is 11.5 Å². The van der Waals surface area contributed by atoms with E-state index in [0.717, 1.165) is 25.7 Å². The molecule has 0 atom stereocenters. The summed E-state index contributed by atoms with van der Waals surface area (Å²) in [6.45, 7) is 0. The highest BCUT2D eigenvalue weighted by atomic mass is 35.5. The number of hydrogen-bond acceptors (Lipinski definition) is 8. The molecule has 10 heteroatoms. The van der Waals surface area contributed by atoms with Crippen LogP contribution in [0.1, 0.15) is 32.1 Å². The van der Waals surface area contributed by atoms with Crippen LogP contribution in [0, 0.1) is 10.1 Å². The van der Waals surface area contributed by atoms with Crippen molar-refractivity contribution in [3.05, 3.63) is 57.9 Å². The van der Waals surface area contributed by atoms with Crippen molar-refractivity contribution in [2.45, 2.75) is 38.1 Å². The standard InChI is InChI=1S/C22H20ClN5O4/c23-13-6-8-18(16(10-13)21-27-24-12-31-21)26-20-17-11-15(28(29)30)7-9-19(17)32-22(20)25-14-4-2-1-3-5-14/h6-12,14,25-26H,1-5H2. The van der Waals surface area contributed by atoms with E-state index >= 15 is 0 Å². The molecule has 2 heterocycles. The molecule has 1 saturated carbocycles. The first-order valence-corrected chi connectivity index (χ1v) is 10.8. The molecule has 2 aromatic heterocycles. The van der Waals surface area contributed by atoms with Gasteiger partial charge in [-0.2, -0.15) is 0 Å². The summed E-state index contributed by atoms with van der Waals surface area (Å²) >= 11 is 6.20. The van der Waals surface area contributed by atoms with Crippen LogP contribution in [-0.2, 0) is 0 Å². The summed E-state index contributed by atoms with van der Waals surface area (Å²) in [6, 6.07) is 10.1. The maximum atomic E-state index is 11.4. The van der Waals surface area contributed by atoms with Gasteiger partial charge < -0.3 is 19.5 Å². The Bertz CT molecular complexity index is 1270. The highest BCUT2D eigenvalue weighted by Gasteiger charge is 2.23. The second kappa shape index (κ2) is 8.51. The van der Waals surface area contributed by atoms with E-state index in [1.807, 2.05) is 0 Å². The third kappa shape index (κ3) is 3.99. The van der Waals surface area contributed by atoms with Gasteiger partial charge in [0.15, 0.2) is 0 Å². The molecular formula is C22H20ClN5O4. The van der Waals surface area contributed by atoms with Crippen molar-refractivity contribution >= 4 is 45.5 Å². The number of benzene rings is 2. The van der Waals surface area contributed by atoms with E-state index in [4.69, 9.17) is 20.4 Å². The average molecular weight is 454 g/mol. The maximum absolute atomic E-state index is 11.4. The molecule has 4 aromatic rings. The van der Waals surface area contributed by atoms with Crippen molar-refractivity contribution in [3.63, 3.8) is 0 Å².